The van der Waals surface area contributed by atoms with E-state index in [2.05, 4.69) is 44.2 Å². The van der Waals surface area contributed by atoms with E-state index in [1.807, 2.05) is 12.1 Å². The van der Waals surface area contributed by atoms with E-state index in [1.54, 1.807) is 0 Å². The fourth-order valence-corrected chi connectivity index (χ4v) is 2.73. The average Bonchev–Trinajstić information content (AvgIpc) is 2.48. The summed E-state index contributed by atoms with van der Waals surface area (Å²) in [6.45, 7) is 4.39. The van der Waals surface area contributed by atoms with Crippen molar-refractivity contribution in [2.75, 3.05) is 0 Å². The normalized spacial score (nSPS) is 10.7. The van der Waals surface area contributed by atoms with Crippen LogP contribution in [0.4, 0.5) is 0 Å². The van der Waals surface area contributed by atoms with Gasteiger partial charge in [0.05, 0.1) is 0 Å². The van der Waals surface area contributed by atoms with Gasteiger partial charge in [0.2, 0.25) is 0 Å². The first kappa shape index (κ1) is 14.6. The van der Waals surface area contributed by atoms with Crippen molar-refractivity contribution >= 4 is 0 Å². The molecule has 106 valence electrons. The van der Waals surface area contributed by atoms with E-state index < -0.39 is 0 Å². The van der Waals surface area contributed by atoms with E-state index in [9.17, 15) is 5.11 Å². The van der Waals surface area contributed by atoms with Crippen molar-refractivity contribution in [2.45, 2.75) is 46.0 Å². The van der Waals surface area contributed by atoms with Crippen molar-refractivity contribution in [3.05, 3.63) is 53.6 Å². The van der Waals surface area contributed by atoms with Gasteiger partial charge in [0.15, 0.2) is 0 Å². The molecule has 0 radical (unpaired) electrons. The molecule has 0 spiro atoms. The van der Waals surface area contributed by atoms with Crippen LogP contribution < -0.4 is 0 Å². The highest BCUT2D eigenvalue weighted by Crippen LogP contribution is 2.35. The fourth-order valence-electron chi connectivity index (χ4n) is 2.73. The lowest BCUT2D eigenvalue weighted by Crippen LogP contribution is -1.97. The van der Waals surface area contributed by atoms with Crippen molar-refractivity contribution in [1.82, 2.24) is 0 Å². The average molecular weight is 268 g/mol. The van der Waals surface area contributed by atoms with Crippen LogP contribution in [-0.4, -0.2) is 5.11 Å². The van der Waals surface area contributed by atoms with Gasteiger partial charge in [-0.2, -0.15) is 0 Å². The molecule has 0 bridgehead atoms. The van der Waals surface area contributed by atoms with Gasteiger partial charge in [-0.25, -0.2) is 0 Å². The number of hydrogen-bond acceptors (Lipinski definition) is 1. The molecule has 1 heteroatoms. The number of rotatable bonds is 6. The van der Waals surface area contributed by atoms with Gasteiger partial charge in [0, 0.05) is 5.56 Å². The van der Waals surface area contributed by atoms with Gasteiger partial charge in [-0.05, 0) is 42.0 Å². The molecule has 0 amide bonds. The number of phenolic OH excluding ortho intramolecular Hbond substituents is 1. The molecule has 1 nitrogen and oxygen atoms in total. The van der Waals surface area contributed by atoms with Crippen LogP contribution in [0, 0.1) is 0 Å². The zero-order chi connectivity index (χ0) is 14.4. The molecule has 0 saturated carbocycles. The maximum absolute atomic E-state index is 10.3. The van der Waals surface area contributed by atoms with Gasteiger partial charge < -0.3 is 5.11 Å². The minimum absolute atomic E-state index is 0.442. The predicted octanol–water partition coefficient (Wildman–Crippen LogP) is 5.35. The molecular weight excluding hydrogens is 244 g/mol. The Balaban J connectivity index is 2.56. The molecule has 0 aliphatic heterocycles. The zero-order valence-corrected chi connectivity index (χ0v) is 12.5. The summed E-state index contributed by atoms with van der Waals surface area (Å²) < 4.78 is 0. The van der Waals surface area contributed by atoms with Crippen LogP contribution in [0.2, 0.25) is 0 Å². The molecule has 2 aromatic carbocycles. The largest absolute Gasteiger partial charge is 0.508 e. The summed E-state index contributed by atoms with van der Waals surface area (Å²) in [6, 6.07) is 14.4. The third kappa shape index (κ3) is 3.22. The molecular formula is C19H24O. The lowest BCUT2D eigenvalue weighted by Gasteiger charge is -2.16. The van der Waals surface area contributed by atoms with Crippen molar-refractivity contribution in [1.29, 1.82) is 0 Å². The quantitative estimate of drug-likeness (QED) is 0.748. The smallest absolute Gasteiger partial charge is 0.119 e. The predicted molar refractivity (Wildman–Crippen MR) is 86.1 cm³/mol. The Labute approximate surface area is 122 Å². The molecule has 0 atom stereocenters. The van der Waals surface area contributed by atoms with Crippen molar-refractivity contribution in [3.8, 4) is 16.9 Å². The highest BCUT2D eigenvalue weighted by Gasteiger charge is 2.14. The maximum Gasteiger partial charge on any atom is 0.119 e. The lowest BCUT2D eigenvalue weighted by atomic mass is 9.89. The van der Waals surface area contributed by atoms with Crippen molar-refractivity contribution in [3.63, 3.8) is 0 Å². The zero-order valence-electron chi connectivity index (χ0n) is 12.5. The first-order valence-corrected chi connectivity index (χ1v) is 7.67. The van der Waals surface area contributed by atoms with Crippen LogP contribution in [0.15, 0.2) is 42.5 Å². The maximum atomic E-state index is 10.3. The Morgan fingerprint density at radius 3 is 2.25 bits per heavy atom. The number of hydrogen-bond donors (Lipinski definition) is 1. The number of phenols is 1. The Bertz CT molecular complexity index is 543. The fraction of sp³-hybridized carbons (Fsp3) is 0.368. The molecule has 2 aromatic rings. The number of unbranched alkanes of at least 4 members (excludes halogenated alkanes) is 1. The van der Waals surface area contributed by atoms with Crippen LogP contribution in [0.3, 0.4) is 0 Å². The van der Waals surface area contributed by atoms with Gasteiger partial charge in [-0.1, -0.05) is 63.1 Å². The first-order chi connectivity index (χ1) is 9.77. The molecule has 0 heterocycles. The molecule has 0 fully saturated rings. The van der Waals surface area contributed by atoms with Gasteiger partial charge in [-0.3, -0.25) is 0 Å². The summed E-state index contributed by atoms with van der Waals surface area (Å²) in [4.78, 5) is 0. The minimum Gasteiger partial charge on any atom is -0.508 e. The van der Waals surface area contributed by atoms with Gasteiger partial charge in [-0.15, -0.1) is 0 Å². The van der Waals surface area contributed by atoms with Gasteiger partial charge in [0.1, 0.15) is 5.75 Å². The lowest BCUT2D eigenvalue weighted by molar-refractivity contribution is 0.467. The van der Waals surface area contributed by atoms with E-state index in [4.69, 9.17) is 0 Å². The number of benzene rings is 2. The Kier molecular flexibility index (Phi) is 5.23. The number of aryl methyl sites for hydroxylation is 1. The third-order valence-electron chi connectivity index (χ3n) is 3.74. The monoisotopic (exact) mass is 268 g/mol. The first-order valence-electron chi connectivity index (χ1n) is 7.67. The van der Waals surface area contributed by atoms with Gasteiger partial charge >= 0.3 is 0 Å². The standard InChI is InChI=1S/C19H24O/c1-3-5-12-17-18(20)14-13-15(9-4-2)19(17)16-10-7-6-8-11-16/h6-8,10-11,13-14,20H,3-5,9,12H2,1-2H3. The van der Waals surface area contributed by atoms with Crippen LogP contribution in [0.25, 0.3) is 11.1 Å². The van der Waals surface area contributed by atoms with Crippen LogP contribution in [-0.2, 0) is 12.8 Å². The van der Waals surface area contributed by atoms with E-state index in [-0.39, 0.29) is 0 Å². The third-order valence-corrected chi connectivity index (χ3v) is 3.74. The Morgan fingerprint density at radius 2 is 1.60 bits per heavy atom. The van der Waals surface area contributed by atoms with E-state index in [0.29, 0.717) is 5.75 Å². The molecule has 20 heavy (non-hydrogen) atoms. The Hall–Kier alpha value is -1.76. The van der Waals surface area contributed by atoms with Crippen LogP contribution >= 0.6 is 0 Å². The van der Waals surface area contributed by atoms with E-state index in [0.717, 1.165) is 37.7 Å². The second-order valence-corrected chi connectivity index (χ2v) is 5.32. The summed E-state index contributed by atoms with van der Waals surface area (Å²) in [5.74, 6) is 0.442. The van der Waals surface area contributed by atoms with Crippen molar-refractivity contribution < 1.29 is 5.11 Å². The van der Waals surface area contributed by atoms with Crippen LogP contribution in [0.5, 0.6) is 5.75 Å². The summed E-state index contributed by atoms with van der Waals surface area (Å²) in [5.41, 5.74) is 4.94. The summed E-state index contributed by atoms with van der Waals surface area (Å²) in [6.07, 6.45) is 5.39. The van der Waals surface area contributed by atoms with E-state index in [1.165, 1.54) is 16.7 Å². The topological polar surface area (TPSA) is 20.2 Å². The molecule has 0 saturated heterocycles. The van der Waals surface area contributed by atoms with E-state index >= 15 is 0 Å². The number of aromatic hydroxyl groups is 1. The molecule has 1 N–H and O–H groups in total. The molecule has 0 aliphatic rings. The molecule has 0 aromatic heterocycles. The second kappa shape index (κ2) is 7.14. The Morgan fingerprint density at radius 1 is 0.850 bits per heavy atom. The summed E-state index contributed by atoms with van der Waals surface area (Å²) >= 11 is 0. The molecule has 0 aliphatic carbocycles. The highest BCUT2D eigenvalue weighted by atomic mass is 16.3. The SMILES string of the molecule is CCCCc1c(O)ccc(CCC)c1-c1ccccc1. The minimum atomic E-state index is 0.442. The van der Waals surface area contributed by atoms with Crippen LogP contribution in [0.1, 0.15) is 44.2 Å². The summed E-state index contributed by atoms with van der Waals surface area (Å²) in [7, 11) is 0. The summed E-state index contributed by atoms with van der Waals surface area (Å²) in [5, 5.41) is 10.3. The molecule has 2 rings (SSSR count). The van der Waals surface area contributed by atoms with Gasteiger partial charge in [0.25, 0.3) is 0 Å². The molecule has 0 unspecified atom stereocenters. The second-order valence-electron chi connectivity index (χ2n) is 5.32. The highest BCUT2D eigenvalue weighted by molar-refractivity contribution is 5.73. The van der Waals surface area contributed by atoms with Crippen molar-refractivity contribution in [2.24, 2.45) is 0 Å².